The summed E-state index contributed by atoms with van der Waals surface area (Å²) in [5, 5.41) is 0. The van der Waals surface area contributed by atoms with Crippen molar-refractivity contribution in [2.75, 3.05) is 13.8 Å². The van der Waals surface area contributed by atoms with Gasteiger partial charge in [0.1, 0.15) is 5.75 Å². The molecule has 0 aliphatic heterocycles. The fraction of sp³-hybridized carbons (Fsp3) is 0.300. The largest absolute Gasteiger partial charge is 0.496 e. The highest BCUT2D eigenvalue weighted by Crippen LogP contribution is 2.19. The number of ketones is 1. The Morgan fingerprint density at radius 2 is 2.23 bits per heavy atom. The third-order valence-electron chi connectivity index (χ3n) is 1.85. The molecule has 1 aromatic rings. The Morgan fingerprint density at radius 3 is 2.77 bits per heavy atom. The molecule has 0 amide bonds. The zero-order chi connectivity index (χ0) is 9.84. The Morgan fingerprint density at radius 1 is 1.54 bits per heavy atom. The number of ether oxygens (including phenoxy) is 1. The fourth-order valence-electron chi connectivity index (χ4n) is 1.07. The first-order valence-electron chi connectivity index (χ1n) is 3.93. The van der Waals surface area contributed by atoms with E-state index in [0.29, 0.717) is 11.3 Å². The average molecular weight is 182 g/mol. The summed E-state index contributed by atoms with van der Waals surface area (Å²) < 4.78 is 17.0. The van der Waals surface area contributed by atoms with Crippen LogP contribution in [0.25, 0.3) is 0 Å². The molecule has 0 unspecified atom stereocenters. The van der Waals surface area contributed by atoms with E-state index in [2.05, 4.69) is 0 Å². The predicted molar refractivity (Wildman–Crippen MR) is 48.0 cm³/mol. The van der Waals surface area contributed by atoms with Crippen LogP contribution in [-0.2, 0) is 0 Å². The van der Waals surface area contributed by atoms with Crippen LogP contribution in [0.4, 0.5) is 4.39 Å². The van der Waals surface area contributed by atoms with E-state index in [0.717, 1.165) is 5.56 Å². The topological polar surface area (TPSA) is 26.3 Å². The molecule has 1 aromatic carbocycles. The highest BCUT2D eigenvalue weighted by Gasteiger charge is 2.07. The molecule has 0 aliphatic rings. The van der Waals surface area contributed by atoms with Gasteiger partial charge in [-0.05, 0) is 18.6 Å². The molecule has 0 radical (unpaired) electrons. The molecule has 0 heterocycles. The lowest BCUT2D eigenvalue weighted by Gasteiger charge is -2.05. The lowest BCUT2D eigenvalue weighted by Crippen LogP contribution is -2.01. The van der Waals surface area contributed by atoms with E-state index in [-0.39, 0.29) is 0 Å². The van der Waals surface area contributed by atoms with E-state index in [1.54, 1.807) is 18.2 Å². The lowest BCUT2D eigenvalue weighted by molar-refractivity contribution is 0.0958. The Kier molecular flexibility index (Phi) is 3.01. The summed E-state index contributed by atoms with van der Waals surface area (Å²) in [6.45, 7) is 0.898. The van der Waals surface area contributed by atoms with E-state index in [1.165, 1.54) is 7.11 Å². The van der Waals surface area contributed by atoms with Gasteiger partial charge in [-0.3, -0.25) is 4.79 Å². The molecule has 70 valence electrons. The van der Waals surface area contributed by atoms with Crippen LogP contribution in [0.1, 0.15) is 15.9 Å². The van der Waals surface area contributed by atoms with Crippen molar-refractivity contribution in [3.05, 3.63) is 29.3 Å². The van der Waals surface area contributed by atoms with E-state index < -0.39 is 12.5 Å². The van der Waals surface area contributed by atoms with Crippen molar-refractivity contribution in [2.45, 2.75) is 6.92 Å². The maximum absolute atomic E-state index is 12.0. The molecule has 0 saturated carbocycles. The Bertz CT molecular complexity index is 321. The van der Waals surface area contributed by atoms with Crippen molar-refractivity contribution in [3.63, 3.8) is 0 Å². The SMILES string of the molecule is COc1cc(C(=O)CF)ccc1C. The van der Waals surface area contributed by atoms with Crippen molar-refractivity contribution in [1.82, 2.24) is 0 Å². The van der Waals surface area contributed by atoms with E-state index in [4.69, 9.17) is 4.74 Å². The smallest absolute Gasteiger partial charge is 0.193 e. The molecule has 0 aromatic heterocycles. The fourth-order valence-corrected chi connectivity index (χ4v) is 1.07. The van der Waals surface area contributed by atoms with E-state index in [1.807, 2.05) is 6.92 Å². The molecule has 0 fully saturated rings. The van der Waals surface area contributed by atoms with Gasteiger partial charge in [-0.2, -0.15) is 0 Å². The van der Waals surface area contributed by atoms with Gasteiger partial charge in [0, 0.05) is 5.56 Å². The number of aryl methyl sites for hydroxylation is 1. The molecule has 0 saturated heterocycles. The van der Waals surface area contributed by atoms with Crippen LogP contribution in [0.5, 0.6) is 5.75 Å². The lowest BCUT2D eigenvalue weighted by atomic mass is 10.1. The standard InChI is InChI=1S/C10H11FO2/c1-7-3-4-8(9(12)6-11)5-10(7)13-2/h3-5H,6H2,1-2H3. The number of halogens is 1. The summed E-state index contributed by atoms with van der Waals surface area (Å²) in [6.07, 6.45) is 0. The summed E-state index contributed by atoms with van der Waals surface area (Å²) in [4.78, 5) is 11.0. The minimum Gasteiger partial charge on any atom is -0.496 e. The summed E-state index contributed by atoms with van der Waals surface area (Å²) >= 11 is 0. The van der Waals surface area contributed by atoms with Crippen molar-refractivity contribution in [1.29, 1.82) is 0 Å². The zero-order valence-corrected chi connectivity index (χ0v) is 7.63. The van der Waals surface area contributed by atoms with Gasteiger partial charge in [0.2, 0.25) is 0 Å². The molecule has 0 aliphatic carbocycles. The number of rotatable bonds is 3. The first kappa shape index (κ1) is 9.71. The van der Waals surface area contributed by atoms with Gasteiger partial charge < -0.3 is 4.74 Å². The quantitative estimate of drug-likeness (QED) is 0.669. The Labute approximate surface area is 76.3 Å². The number of carbonyl (C=O) groups is 1. The molecule has 0 atom stereocenters. The summed E-state index contributed by atoms with van der Waals surface area (Å²) in [5.74, 6) is 0.0950. The van der Waals surface area contributed by atoms with Crippen LogP contribution in [0, 0.1) is 6.92 Å². The van der Waals surface area contributed by atoms with E-state index >= 15 is 0 Å². The number of alkyl halides is 1. The van der Waals surface area contributed by atoms with E-state index in [9.17, 15) is 9.18 Å². The van der Waals surface area contributed by atoms with Gasteiger partial charge in [0.25, 0.3) is 0 Å². The van der Waals surface area contributed by atoms with Gasteiger partial charge in [-0.1, -0.05) is 12.1 Å². The van der Waals surface area contributed by atoms with Crippen LogP contribution in [-0.4, -0.2) is 19.6 Å². The number of carbonyl (C=O) groups excluding carboxylic acids is 1. The number of benzene rings is 1. The Balaban J connectivity index is 3.06. The van der Waals surface area contributed by atoms with Gasteiger partial charge in [-0.25, -0.2) is 4.39 Å². The minimum atomic E-state index is -0.966. The third kappa shape index (κ3) is 2.05. The second-order valence-electron chi connectivity index (χ2n) is 2.74. The van der Waals surface area contributed by atoms with Crippen molar-refractivity contribution in [2.24, 2.45) is 0 Å². The zero-order valence-electron chi connectivity index (χ0n) is 7.63. The van der Waals surface area contributed by atoms with Crippen molar-refractivity contribution < 1.29 is 13.9 Å². The van der Waals surface area contributed by atoms with Crippen molar-refractivity contribution >= 4 is 5.78 Å². The summed E-state index contributed by atoms with van der Waals surface area (Å²) in [5.41, 5.74) is 1.28. The normalized spacial score (nSPS) is 9.77. The molecule has 3 heteroatoms. The molecule has 13 heavy (non-hydrogen) atoms. The number of methoxy groups -OCH3 is 1. The Hall–Kier alpha value is -1.38. The van der Waals surface area contributed by atoms with Gasteiger partial charge in [0.15, 0.2) is 12.5 Å². The highest BCUT2D eigenvalue weighted by atomic mass is 19.1. The third-order valence-corrected chi connectivity index (χ3v) is 1.85. The van der Waals surface area contributed by atoms with Crippen LogP contribution in [0.3, 0.4) is 0 Å². The second-order valence-corrected chi connectivity index (χ2v) is 2.74. The van der Waals surface area contributed by atoms with Crippen LogP contribution >= 0.6 is 0 Å². The summed E-state index contributed by atoms with van der Waals surface area (Å²) in [6, 6.07) is 4.89. The molecule has 0 N–H and O–H groups in total. The number of Topliss-reactive ketones (excluding diaryl/α,β-unsaturated/α-hetero) is 1. The number of hydrogen-bond acceptors (Lipinski definition) is 2. The molecular weight excluding hydrogens is 171 g/mol. The van der Waals surface area contributed by atoms with Crippen LogP contribution in [0.2, 0.25) is 0 Å². The second kappa shape index (κ2) is 4.03. The molecule has 1 rings (SSSR count). The predicted octanol–water partition coefficient (Wildman–Crippen LogP) is 2.16. The highest BCUT2D eigenvalue weighted by molar-refractivity contribution is 5.97. The molecule has 0 spiro atoms. The molecular formula is C10H11FO2. The molecule has 2 nitrogen and oxygen atoms in total. The first-order chi connectivity index (χ1) is 6.19. The maximum atomic E-state index is 12.0. The monoisotopic (exact) mass is 182 g/mol. The van der Waals surface area contributed by atoms with Crippen LogP contribution in [0.15, 0.2) is 18.2 Å². The minimum absolute atomic E-state index is 0.352. The first-order valence-corrected chi connectivity index (χ1v) is 3.93. The van der Waals surface area contributed by atoms with Gasteiger partial charge in [-0.15, -0.1) is 0 Å². The van der Waals surface area contributed by atoms with Gasteiger partial charge >= 0.3 is 0 Å². The number of hydrogen-bond donors (Lipinski definition) is 0. The van der Waals surface area contributed by atoms with Gasteiger partial charge in [0.05, 0.1) is 7.11 Å². The molecule has 0 bridgehead atoms. The van der Waals surface area contributed by atoms with Crippen molar-refractivity contribution in [3.8, 4) is 5.75 Å². The average Bonchev–Trinajstić information content (AvgIpc) is 2.17. The van der Waals surface area contributed by atoms with Crippen LogP contribution < -0.4 is 4.74 Å². The summed E-state index contributed by atoms with van der Waals surface area (Å²) in [7, 11) is 1.52. The maximum Gasteiger partial charge on any atom is 0.193 e.